The molecule has 4 rings (SSSR count). The highest BCUT2D eigenvalue weighted by atomic mass is 32.2. The van der Waals surface area contributed by atoms with Crippen LogP contribution >= 0.6 is 0 Å². The van der Waals surface area contributed by atoms with Gasteiger partial charge in [-0.05, 0) is 41.5 Å². The topological polar surface area (TPSA) is 63.0 Å². The van der Waals surface area contributed by atoms with Gasteiger partial charge in [0, 0.05) is 11.1 Å². The van der Waals surface area contributed by atoms with Crippen LogP contribution in [0.1, 0.15) is 11.1 Å². The molecule has 0 radical (unpaired) electrons. The van der Waals surface area contributed by atoms with Gasteiger partial charge in [0.25, 0.3) is 0 Å². The Morgan fingerprint density at radius 2 is 1.55 bits per heavy atom. The molecule has 31 heavy (non-hydrogen) atoms. The molecule has 1 aromatic heterocycles. The van der Waals surface area contributed by atoms with Gasteiger partial charge in [-0.15, -0.1) is 0 Å². The van der Waals surface area contributed by atoms with Gasteiger partial charge in [-0.3, -0.25) is 4.21 Å². The molecule has 0 aliphatic heterocycles. The summed E-state index contributed by atoms with van der Waals surface area (Å²) in [4.78, 5) is 4.69. The number of nitrogens with zero attached hydrogens (tertiary/aromatic N) is 2. The van der Waals surface area contributed by atoms with Gasteiger partial charge >= 0.3 is 0 Å². The van der Waals surface area contributed by atoms with Gasteiger partial charge in [0.1, 0.15) is 16.8 Å². The molecular weight excluding hydrogens is 404 g/mol. The van der Waals surface area contributed by atoms with E-state index in [2.05, 4.69) is 11.1 Å². The van der Waals surface area contributed by atoms with E-state index in [9.17, 15) is 9.47 Å². The van der Waals surface area contributed by atoms with E-state index in [-0.39, 0.29) is 0 Å². The van der Waals surface area contributed by atoms with Crippen LogP contribution in [0.5, 0.6) is 5.75 Å². The molecule has 0 saturated heterocycles. The van der Waals surface area contributed by atoms with Crippen LogP contribution in [0.15, 0.2) is 96.0 Å². The molecule has 1 heterocycles. The van der Waals surface area contributed by atoms with Crippen LogP contribution < -0.4 is 4.74 Å². The van der Waals surface area contributed by atoms with Crippen LogP contribution in [0.25, 0.3) is 22.4 Å². The molecule has 0 N–H and O–H groups in total. The molecule has 4 nitrogen and oxygen atoms in total. The van der Waals surface area contributed by atoms with Gasteiger partial charge in [-0.1, -0.05) is 60.7 Å². The van der Waals surface area contributed by atoms with Crippen LogP contribution in [0.4, 0.5) is 0 Å². The molecule has 0 saturated carbocycles. The van der Waals surface area contributed by atoms with Crippen molar-refractivity contribution in [3.8, 4) is 34.2 Å². The first-order valence-electron chi connectivity index (χ1n) is 9.77. The molecule has 4 aromatic rings. The molecule has 1 atom stereocenters. The summed E-state index contributed by atoms with van der Waals surface area (Å²) in [5, 5.41) is 10.3. The quantitative estimate of drug-likeness (QED) is 0.404. The van der Waals surface area contributed by atoms with Crippen LogP contribution in [0, 0.1) is 11.3 Å². The average Bonchev–Trinajstić information content (AvgIpc) is 2.84. The molecule has 0 amide bonds. The predicted octanol–water partition coefficient (Wildman–Crippen LogP) is 5.60. The zero-order valence-corrected chi connectivity index (χ0v) is 17.8. The summed E-state index contributed by atoms with van der Waals surface area (Å²) < 4.78 is 18.6. The molecule has 1 unspecified atom stereocenters. The lowest BCUT2D eigenvalue weighted by Gasteiger charge is -2.13. The first kappa shape index (κ1) is 20.5. The fourth-order valence-electron chi connectivity index (χ4n) is 3.34. The molecule has 0 aliphatic rings. The average molecular weight is 425 g/mol. The molecule has 152 valence electrons. The smallest absolute Gasteiger partial charge is 0.146 e. The minimum Gasteiger partial charge on any atom is -0.497 e. The lowest BCUT2D eigenvalue weighted by atomic mass is 9.99. The molecule has 0 spiro atoms. The fourth-order valence-corrected chi connectivity index (χ4v) is 4.56. The van der Waals surface area contributed by atoms with Crippen molar-refractivity contribution in [2.24, 2.45) is 0 Å². The molecule has 3 aromatic carbocycles. The largest absolute Gasteiger partial charge is 0.497 e. The Hall–Kier alpha value is -3.75. The van der Waals surface area contributed by atoms with E-state index in [1.807, 2.05) is 91.0 Å². The molecule has 0 bridgehead atoms. The predicted molar refractivity (Wildman–Crippen MR) is 123 cm³/mol. The van der Waals surface area contributed by atoms with E-state index >= 15 is 0 Å². The summed E-state index contributed by atoms with van der Waals surface area (Å²) in [6.45, 7) is 0. The molecule has 0 fully saturated rings. The van der Waals surface area contributed by atoms with Crippen molar-refractivity contribution in [2.45, 2.75) is 10.8 Å². The monoisotopic (exact) mass is 424 g/mol. The van der Waals surface area contributed by atoms with Crippen LogP contribution in [-0.4, -0.2) is 16.3 Å². The third-order valence-corrected chi connectivity index (χ3v) is 6.25. The lowest BCUT2D eigenvalue weighted by molar-refractivity contribution is 0.415. The Bertz CT molecular complexity index is 1250. The highest BCUT2D eigenvalue weighted by Gasteiger charge is 2.20. The van der Waals surface area contributed by atoms with E-state index in [0.717, 1.165) is 28.0 Å². The number of hydrogen-bond donors (Lipinski definition) is 0. The second-order valence-corrected chi connectivity index (χ2v) is 8.28. The van der Waals surface area contributed by atoms with Gasteiger partial charge in [-0.25, -0.2) is 4.98 Å². The van der Waals surface area contributed by atoms with Gasteiger partial charge in [0.15, 0.2) is 0 Å². The summed E-state index contributed by atoms with van der Waals surface area (Å²) >= 11 is 0. The van der Waals surface area contributed by atoms with E-state index in [0.29, 0.717) is 22.0 Å². The van der Waals surface area contributed by atoms with Gasteiger partial charge in [0.05, 0.1) is 34.9 Å². The van der Waals surface area contributed by atoms with Crippen LogP contribution in [0.3, 0.4) is 0 Å². The summed E-state index contributed by atoms with van der Waals surface area (Å²) in [6.07, 6.45) is 0. The standard InChI is InChI=1S/C26H20N2O2S/c1-30-22-14-12-21(13-15-22)25-16-23(20-10-6-3-7-11-20)24(17-27)26(28-25)31(29)18-19-8-4-2-5-9-19/h2-16H,18H2,1H3. The van der Waals surface area contributed by atoms with Crippen molar-refractivity contribution in [2.75, 3.05) is 7.11 Å². The number of ether oxygens (including phenoxy) is 1. The summed E-state index contributed by atoms with van der Waals surface area (Å²) in [5.74, 6) is 1.04. The van der Waals surface area contributed by atoms with Crippen molar-refractivity contribution < 1.29 is 8.95 Å². The minimum atomic E-state index is -1.48. The van der Waals surface area contributed by atoms with Crippen molar-refractivity contribution in [1.82, 2.24) is 4.98 Å². The zero-order valence-electron chi connectivity index (χ0n) is 17.0. The lowest BCUT2D eigenvalue weighted by Crippen LogP contribution is -2.05. The highest BCUT2D eigenvalue weighted by molar-refractivity contribution is 7.84. The van der Waals surface area contributed by atoms with Gasteiger partial charge in [-0.2, -0.15) is 5.26 Å². The Balaban J connectivity index is 1.87. The second kappa shape index (κ2) is 9.38. The normalized spacial score (nSPS) is 11.5. The first-order chi connectivity index (χ1) is 15.2. The first-order valence-corrected chi connectivity index (χ1v) is 11.1. The molecule has 0 aliphatic carbocycles. The molecular formula is C26H20N2O2S. The fraction of sp³-hybridized carbons (Fsp3) is 0.0769. The Labute approximate surface area is 184 Å². The SMILES string of the molecule is COc1ccc(-c2cc(-c3ccccc3)c(C#N)c(S(=O)Cc3ccccc3)n2)cc1. The zero-order chi connectivity index (χ0) is 21.6. The summed E-state index contributed by atoms with van der Waals surface area (Å²) in [6, 6.07) is 30.9. The van der Waals surface area contributed by atoms with Gasteiger partial charge in [0.2, 0.25) is 0 Å². The second-order valence-electron chi connectivity index (χ2n) is 6.92. The maximum absolute atomic E-state index is 13.3. The molecule has 5 heteroatoms. The highest BCUT2D eigenvalue weighted by Crippen LogP contribution is 2.32. The number of rotatable bonds is 6. The van der Waals surface area contributed by atoms with Crippen molar-refractivity contribution >= 4 is 10.8 Å². The van der Waals surface area contributed by atoms with E-state index in [4.69, 9.17) is 4.74 Å². The van der Waals surface area contributed by atoms with Crippen molar-refractivity contribution in [3.05, 3.63) is 102 Å². The number of hydrogen-bond acceptors (Lipinski definition) is 4. The number of nitriles is 1. The Morgan fingerprint density at radius 1 is 0.903 bits per heavy atom. The number of benzene rings is 3. The van der Waals surface area contributed by atoms with Gasteiger partial charge < -0.3 is 4.74 Å². The third-order valence-electron chi connectivity index (χ3n) is 4.92. The number of aromatic nitrogens is 1. The number of pyridine rings is 1. The van der Waals surface area contributed by atoms with Crippen LogP contribution in [0.2, 0.25) is 0 Å². The minimum absolute atomic E-state index is 0.294. The maximum atomic E-state index is 13.3. The van der Waals surface area contributed by atoms with Crippen molar-refractivity contribution in [3.63, 3.8) is 0 Å². The Kier molecular flexibility index (Phi) is 6.21. The van der Waals surface area contributed by atoms with E-state index in [1.165, 1.54) is 0 Å². The Morgan fingerprint density at radius 3 is 2.16 bits per heavy atom. The van der Waals surface area contributed by atoms with E-state index < -0.39 is 10.8 Å². The van der Waals surface area contributed by atoms with E-state index in [1.54, 1.807) is 7.11 Å². The summed E-state index contributed by atoms with van der Waals surface area (Å²) in [5.41, 5.74) is 4.41. The van der Waals surface area contributed by atoms with Crippen LogP contribution in [-0.2, 0) is 16.6 Å². The maximum Gasteiger partial charge on any atom is 0.146 e. The summed E-state index contributed by atoms with van der Waals surface area (Å²) in [7, 11) is 0.140. The van der Waals surface area contributed by atoms with Crippen molar-refractivity contribution in [1.29, 1.82) is 5.26 Å². The third kappa shape index (κ3) is 4.55. The number of methoxy groups -OCH3 is 1.